The Kier molecular flexibility index (Phi) is 5.76. The third-order valence-corrected chi connectivity index (χ3v) is 5.33. The summed E-state index contributed by atoms with van der Waals surface area (Å²) in [7, 11) is 0. The highest BCUT2D eigenvalue weighted by molar-refractivity contribution is 7.99. The second-order valence-electron chi connectivity index (χ2n) is 5.50. The molecule has 5 atom stereocenters. The van der Waals surface area contributed by atoms with Gasteiger partial charge in [0, 0.05) is 23.8 Å². The van der Waals surface area contributed by atoms with Crippen molar-refractivity contribution in [1.82, 2.24) is 16.0 Å². The van der Waals surface area contributed by atoms with Crippen molar-refractivity contribution in [3.05, 3.63) is 0 Å². The Labute approximate surface area is 115 Å². The van der Waals surface area contributed by atoms with Crippen LogP contribution in [0, 0.1) is 5.92 Å². The molecule has 0 aromatic rings. The monoisotopic (exact) mass is 273 g/mol. The molecule has 18 heavy (non-hydrogen) atoms. The average Bonchev–Trinajstić information content (AvgIpc) is 2.37. The van der Waals surface area contributed by atoms with Crippen molar-refractivity contribution in [2.45, 2.75) is 63.3 Å². The van der Waals surface area contributed by atoms with Gasteiger partial charge in [0.2, 0.25) is 0 Å². The SMILES string of the molecule is CCC1C(C)NC(SCC2CCCCN2)NC1O. The van der Waals surface area contributed by atoms with Crippen molar-refractivity contribution < 1.29 is 5.11 Å². The molecule has 4 nitrogen and oxygen atoms in total. The lowest BCUT2D eigenvalue weighted by Crippen LogP contribution is -2.61. The molecular formula is C13H27N3OS. The number of rotatable bonds is 4. The summed E-state index contributed by atoms with van der Waals surface area (Å²) in [4.78, 5) is 0. The summed E-state index contributed by atoms with van der Waals surface area (Å²) >= 11 is 1.88. The van der Waals surface area contributed by atoms with E-state index < -0.39 is 0 Å². The Balaban J connectivity index is 1.73. The Hall–Kier alpha value is 0.190. The number of hydrogen-bond acceptors (Lipinski definition) is 5. The van der Waals surface area contributed by atoms with Crippen LogP contribution in [-0.4, -0.2) is 41.2 Å². The van der Waals surface area contributed by atoms with E-state index in [4.69, 9.17) is 0 Å². The standard InChI is InChI=1S/C13H27N3OS/c1-3-11-9(2)15-13(16-12(11)17)18-8-10-6-4-5-7-14-10/h9-17H,3-8H2,1-2H3. The van der Waals surface area contributed by atoms with E-state index >= 15 is 0 Å². The van der Waals surface area contributed by atoms with Gasteiger partial charge in [-0.15, -0.1) is 11.8 Å². The van der Waals surface area contributed by atoms with Crippen LogP contribution in [0.5, 0.6) is 0 Å². The highest BCUT2D eigenvalue weighted by atomic mass is 32.2. The van der Waals surface area contributed by atoms with Crippen molar-refractivity contribution in [2.24, 2.45) is 5.92 Å². The molecule has 0 aromatic heterocycles. The summed E-state index contributed by atoms with van der Waals surface area (Å²) < 4.78 is 0. The second kappa shape index (κ2) is 7.10. The minimum atomic E-state index is -0.372. The van der Waals surface area contributed by atoms with Crippen LogP contribution in [-0.2, 0) is 0 Å². The van der Waals surface area contributed by atoms with E-state index in [1.807, 2.05) is 11.8 Å². The van der Waals surface area contributed by atoms with E-state index in [9.17, 15) is 5.11 Å². The predicted molar refractivity (Wildman–Crippen MR) is 77.4 cm³/mol. The van der Waals surface area contributed by atoms with Crippen LogP contribution in [0.25, 0.3) is 0 Å². The third kappa shape index (κ3) is 3.84. The fraction of sp³-hybridized carbons (Fsp3) is 1.00. The van der Waals surface area contributed by atoms with Gasteiger partial charge in [0.1, 0.15) is 11.7 Å². The molecule has 2 rings (SSSR count). The Morgan fingerprint density at radius 3 is 2.72 bits per heavy atom. The number of aliphatic hydroxyl groups is 1. The number of hydrogen-bond donors (Lipinski definition) is 4. The van der Waals surface area contributed by atoms with Gasteiger partial charge in [0.05, 0.1) is 0 Å². The number of nitrogens with one attached hydrogen (secondary N) is 3. The van der Waals surface area contributed by atoms with E-state index in [-0.39, 0.29) is 11.7 Å². The lowest BCUT2D eigenvalue weighted by atomic mass is 9.95. The topological polar surface area (TPSA) is 56.3 Å². The van der Waals surface area contributed by atoms with Crippen LogP contribution in [0.1, 0.15) is 39.5 Å². The molecule has 2 fully saturated rings. The zero-order chi connectivity index (χ0) is 13.0. The highest BCUT2D eigenvalue weighted by Gasteiger charge is 2.32. The maximum Gasteiger partial charge on any atom is 0.111 e. The number of piperidine rings is 1. The first kappa shape index (κ1) is 14.6. The molecule has 0 aliphatic carbocycles. The molecule has 2 aliphatic heterocycles. The first-order valence-electron chi connectivity index (χ1n) is 7.26. The Morgan fingerprint density at radius 1 is 1.28 bits per heavy atom. The summed E-state index contributed by atoms with van der Waals surface area (Å²) in [6.07, 6.45) is 4.58. The minimum absolute atomic E-state index is 0.182. The second-order valence-corrected chi connectivity index (χ2v) is 6.64. The summed E-state index contributed by atoms with van der Waals surface area (Å²) in [5.74, 6) is 1.43. The molecule has 5 unspecified atom stereocenters. The maximum atomic E-state index is 10.1. The quantitative estimate of drug-likeness (QED) is 0.617. The van der Waals surface area contributed by atoms with Crippen LogP contribution in [0.3, 0.4) is 0 Å². The van der Waals surface area contributed by atoms with E-state index in [1.54, 1.807) is 0 Å². The first-order chi connectivity index (χ1) is 8.70. The summed E-state index contributed by atoms with van der Waals surface area (Å²) in [5, 5.41) is 20.4. The molecule has 0 radical (unpaired) electrons. The maximum absolute atomic E-state index is 10.1. The predicted octanol–water partition coefficient (Wildman–Crippen LogP) is 1.07. The van der Waals surface area contributed by atoms with Crippen molar-refractivity contribution in [3.63, 3.8) is 0 Å². The minimum Gasteiger partial charge on any atom is -0.378 e. The summed E-state index contributed by atoms with van der Waals surface area (Å²) in [5.41, 5.74) is 0.182. The van der Waals surface area contributed by atoms with Crippen molar-refractivity contribution in [2.75, 3.05) is 12.3 Å². The molecule has 0 amide bonds. The van der Waals surface area contributed by atoms with Crippen LogP contribution in [0.2, 0.25) is 0 Å². The molecule has 4 N–H and O–H groups in total. The lowest BCUT2D eigenvalue weighted by Gasteiger charge is -2.40. The molecule has 5 heteroatoms. The van der Waals surface area contributed by atoms with Gasteiger partial charge in [-0.3, -0.25) is 10.6 Å². The average molecular weight is 273 g/mol. The van der Waals surface area contributed by atoms with Gasteiger partial charge in [0.15, 0.2) is 0 Å². The molecule has 0 saturated carbocycles. The summed E-state index contributed by atoms with van der Waals surface area (Å²) in [6.45, 7) is 5.46. The van der Waals surface area contributed by atoms with Gasteiger partial charge in [-0.05, 0) is 32.7 Å². The van der Waals surface area contributed by atoms with Gasteiger partial charge in [-0.25, -0.2) is 0 Å². The molecule has 0 bridgehead atoms. The first-order valence-corrected chi connectivity index (χ1v) is 8.30. The molecule has 2 saturated heterocycles. The fourth-order valence-electron chi connectivity index (χ4n) is 2.91. The van der Waals surface area contributed by atoms with Crippen molar-refractivity contribution >= 4 is 11.8 Å². The van der Waals surface area contributed by atoms with E-state index in [1.165, 1.54) is 19.3 Å². The van der Waals surface area contributed by atoms with Crippen molar-refractivity contribution in [1.29, 1.82) is 0 Å². The molecular weight excluding hydrogens is 246 g/mol. The zero-order valence-corrected chi connectivity index (χ0v) is 12.3. The van der Waals surface area contributed by atoms with E-state index in [2.05, 4.69) is 29.8 Å². The molecule has 0 spiro atoms. The Morgan fingerprint density at radius 2 is 2.11 bits per heavy atom. The summed E-state index contributed by atoms with van der Waals surface area (Å²) in [6, 6.07) is 1.02. The highest BCUT2D eigenvalue weighted by Crippen LogP contribution is 2.22. The fourth-order valence-corrected chi connectivity index (χ4v) is 4.17. The van der Waals surface area contributed by atoms with Crippen LogP contribution < -0.4 is 16.0 Å². The van der Waals surface area contributed by atoms with Gasteiger partial charge in [-0.2, -0.15) is 0 Å². The van der Waals surface area contributed by atoms with Gasteiger partial charge in [-0.1, -0.05) is 13.3 Å². The van der Waals surface area contributed by atoms with Gasteiger partial charge < -0.3 is 10.4 Å². The molecule has 2 aliphatic rings. The largest absolute Gasteiger partial charge is 0.378 e. The molecule has 2 heterocycles. The Bertz CT molecular complexity index is 236. The van der Waals surface area contributed by atoms with Gasteiger partial charge in [0.25, 0.3) is 0 Å². The van der Waals surface area contributed by atoms with Crippen LogP contribution >= 0.6 is 11.8 Å². The van der Waals surface area contributed by atoms with Gasteiger partial charge >= 0.3 is 0 Å². The van der Waals surface area contributed by atoms with Crippen LogP contribution in [0.15, 0.2) is 0 Å². The molecule has 106 valence electrons. The zero-order valence-electron chi connectivity index (χ0n) is 11.5. The number of aliphatic hydroxyl groups excluding tert-OH is 1. The van der Waals surface area contributed by atoms with E-state index in [0.29, 0.717) is 18.0 Å². The smallest absolute Gasteiger partial charge is 0.111 e. The third-order valence-electron chi connectivity index (χ3n) is 4.13. The molecule has 0 aromatic carbocycles. The van der Waals surface area contributed by atoms with Crippen molar-refractivity contribution in [3.8, 4) is 0 Å². The number of thioether (sulfide) groups is 1. The normalized spacial score (nSPS) is 41.8. The lowest BCUT2D eigenvalue weighted by molar-refractivity contribution is 0.0215. The van der Waals surface area contributed by atoms with Crippen LogP contribution in [0.4, 0.5) is 0 Å². The van der Waals surface area contributed by atoms with E-state index in [0.717, 1.165) is 18.7 Å².